The van der Waals surface area contributed by atoms with Gasteiger partial charge in [-0.05, 0) is 6.42 Å². The van der Waals surface area contributed by atoms with E-state index in [2.05, 4.69) is 0 Å². The number of ether oxygens (including phenoxy) is 3. The molecule has 0 aromatic rings. The van der Waals surface area contributed by atoms with Crippen LogP contribution in [0.3, 0.4) is 0 Å². The molecular formula is C13H24O9. The summed E-state index contributed by atoms with van der Waals surface area (Å²) in [6.45, 7) is 1.36. The van der Waals surface area contributed by atoms with Gasteiger partial charge in [0.1, 0.15) is 24.4 Å². The van der Waals surface area contributed by atoms with Crippen LogP contribution in [0.15, 0.2) is 0 Å². The summed E-state index contributed by atoms with van der Waals surface area (Å²) < 4.78 is 16.0. The lowest BCUT2D eigenvalue weighted by Gasteiger charge is -2.43. The minimum absolute atomic E-state index is 0.0462. The molecule has 2 aliphatic rings. The molecule has 22 heavy (non-hydrogen) atoms. The van der Waals surface area contributed by atoms with Gasteiger partial charge in [0.25, 0.3) is 0 Å². The average Bonchev–Trinajstić information content (AvgIpc) is 2.51. The fourth-order valence-corrected chi connectivity index (χ4v) is 2.64. The predicted molar refractivity (Wildman–Crippen MR) is 70.4 cm³/mol. The minimum atomic E-state index is -1.54. The summed E-state index contributed by atoms with van der Waals surface area (Å²) in [5.74, 6) is 0. The van der Waals surface area contributed by atoms with Crippen LogP contribution in [-0.2, 0) is 14.2 Å². The molecule has 9 atom stereocenters. The molecule has 2 rings (SSSR count). The van der Waals surface area contributed by atoms with E-state index in [0.717, 1.165) is 0 Å². The highest BCUT2D eigenvalue weighted by Gasteiger charge is 2.47. The zero-order chi connectivity index (χ0) is 16.4. The second-order valence-corrected chi connectivity index (χ2v) is 5.66. The second-order valence-electron chi connectivity index (χ2n) is 5.66. The molecule has 2 fully saturated rings. The Balaban J connectivity index is 2.04. The summed E-state index contributed by atoms with van der Waals surface area (Å²) in [4.78, 5) is 0. The molecule has 6 N–H and O–H groups in total. The Morgan fingerprint density at radius 3 is 2.14 bits per heavy atom. The molecule has 2 heterocycles. The van der Waals surface area contributed by atoms with Gasteiger partial charge in [-0.15, -0.1) is 0 Å². The van der Waals surface area contributed by atoms with Crippen molar-refractivity contribution in [2.75, 3.05) is 6.61 Å². The van der Waals surface area contributed by atoms with Crippen molar-refractivity contribution in [3.05, 3.63) is 0 Å². The second kappa shape index (κ2) is 7.47. The number of rotatable bonds is 4. The van der Waals surface area contributed by atoms with E-state index >= 15 is 0 Å². The quantitative estimate of drug-likeness (QED) is 0.319. The predicted octanol–water partition coefficient (Wildman–Crippen LogP) is -2.95. The highest BCUT2D eigenvalue weighted by molar-refractivity contribution is 4.89. The van der Waals surface area contributed by atoms with E-state index in [1.807, 2.05) is 0 Å². The van der Waals surface area contributed by atoms with E-state index in [-0.39, 0.29) is 13.0 Å². The van der Waals surface area contributed by atoms with E-state index in [1.54, 1.807) is 6.92 Å². The van der Waals surface area contributed by atoms with Crippen molar-refractivity contribution in [1.29, 1.82) is 0 Å². The molecule has 0 radical (unpaired) electrons. The van der Waals surface area contributed by atoms with Crippen LogP contribution >= 0.6 is 0 Å². The van der Waals surface area contributed by atoms with Crippen molar-refractivity contribution in [1.82, 2.24) is 0 Å². The summed E-state index contributed by atoms with van der Waals surface area (Å²) in [5.41, 5.74) is 0. The van der Waals surface area contributed by atoms with Crippen molar-refractivity contribution >= 4 is 0 Å². The van der Waals surface area contributed by atoms with Crippen LogP contribution < -0.4 is 0 Å². The van der Waals surface area contributed by atoms with Gasteiger partial charge in [0.05, 0.1) is 24.9 Å². The lowest BCUT2D eigenvalue weighted by molar-refractivity contribution is -0.365. The van der Waals surface area contributed by atoms with Crippen molar-refractivity contribution in [2.24, 2.45) is 0 Å². The molecule has 0 amide bonds. The van der Waals surface area contributed by atoms with Crippen LogP contribution in [0.25, 0.3) is 0 Å². The summed E-state index contributed by atoms with van der Waals surface area (Å²) in [7, 11) is 0. The third-order valence-electron chi connectivity index (χ3n) is 4.05. The highest BCUT2D eigenvalue weighted by Crippen LogP contribution is 2.28. The van der Waals surface area contributed by atoms with Crippen molar-refractivity contribution < 1.29 is 44.8 Å². The monoisotopic (exact) mass is 324 g/mol. The maximum atomic E-state index is 9.92. The van der Waals surface area contributed by atoms with Gasteiger partial charge < -0.3 is 44.8 Å². The number of hydrogen-bond acceptors (Lipinski definition) is 9. The fourth-order valence-electron chi connectivity index (χ4n) is 2.64. The maximum absolute atomic E-state index is 9.92. The molecule has 4 unspecified atom stereocenters. The zero-order valence-corrected chi connectivity index (χ0v) is 12.2. The van der Waals surface area contributed by atoms with Crippen LogP contribution in [0.4, 0.5) is 0 Å². The molecule has 2 aliphatic heterocycles. The van der Waals surface area contributed by atoms with E-state index in [1.165, 1.54) is 0 Å². The van der Waals surface area contributed by atoms with E-state index < -0.39 is 55.3 Å². The van der Waals surface area contributed by atoms with E-state index in [0.29, 0.717) is 6.42 Å². The average molecular weight is 324 g/mol. The van der Waals surface area contributed by atoms with Gasteiger partial charge in [0.15, 0.2) is 12.6 Å². The Hall–Kier alpha value is -0.360. The highest BCUT2D eigenvalue weighted by atomic mass is 16.8. The van der Waals surface area contributed by atoms with Gasteiger partial charge in [0, 0.05) is 6.42 Å². The SMILES string of the molecule is CCC1O[C@H](O[C@H]2OC(CO)C[C@H](O)C2O)[C@H](O)C(O)[C@@H]1O. The topological polar surface area (TPSA) is 149 Å². The fraction of sp³-hybridized carbons (Fsp3) is 1.00. The first kappa shape index (κ1) is 18.0. The maximum Gasteiger partial charge on any atom is 0.189 e. The first-order valence-electron chi connectivity index (χ1n) is 7.36. The normalized spacial score (nSPS) is 50.0. The summed E-state index contributed by atoms with van der Waals surface area (Å²) in [6.07, 6.45) is -10.5. The van der Waals surface area contributed by atoms with Crippen LogP contribution in [0.1, 0.15) is 19.8 Å². The minimum Gasteiger partial charge on any atom is -0.394 e. The summed E-state index contributed by atoms with van der Waals surface area (Å²) in [6, 6.07) is 0. The largest absolute Gasteiger partial charge is 0.394 e. The van der Waals surface area contributed by atoms with Gasteiger partial charge in [-0.2, -0.15) is 0 Å². The van der Waals surface area contributed by atoms with Crippen molar-refractivity contribution in [2.45, 2.75) is 75.1 Å². The van der Waals surface area contributed by atoms with Crippen LogP contribution in [0.2, 0.25) is 0 Å². The van der Waals surface area contributed by atoms with Crippen molar-refractivity contribution in [3.63, 3.8) is 0 Å². The van der Waals surface area contributed by atoms with Crippen molar-refractivity contribution in [3.8, 4) is 0 Å². The summed E-state index contributed by atoms with van der Waals surface area (Å²) >= 11 is 0. The van der Waals surface area contributed by atoms with Gasteiger partial charge in [-0.25, -0.2) is 0 Å². The molecule has 0 aromatic carbocycles. The molecule has 0 spiro atoms. The lowest BCUT2D eigenvalue weighted by atomic mass is 9.97. The molecule has 0 bridgehead atoms. The van der Waals surface area contributed by atoms with Gasteiger partial charge in [0.2, 0.25) is 0 Å². The molecule has 0 aromatic heterocycles. The molecule has 130 valence electrons. The smallest absolute Gasteiger partial charge is 0.189 e. The van der Waals surface area contributed by atoms with Gasteiger partial charge in [-0.3, -0.25) is 0 Å². The molecular weight excluding hydrogens is 300 g/mol. The Labute approximate surface area is 127 Å². The van der Waals surface area contributed by atoms with E-state index in [4.69, 9.17) is 19.3 Å². The number of hydrogen-bond donors (Lipinski definition) is 6. The molecule has 9 nitrogen and oxygen atoms in total. The molecule has 0 saturated carbocycles. The first-order chi connectivity index (χ1) is 10.4. The van der Waals surface area contributed by atoms with Crippen LogP contribution in [-0.4, -0.2) is 92.6 Å². The lowest BCUT2D eigenvalue weighted by Crippen LogP contribution is -2.60. The standard InChI is InChI=1S/C13H24O9/c1-2-7-9(17)10(18)11(19)13(21-7)22-12-8(16)6(15)3-5(4-14)20-12/h5-19H,2-4H2,1H3/t5?,6-,7?,8?,9+,10?,11+,12+,13+/m0/s1. The third-order valence-corrected chi connectivity index (χ3v) is 4.05. The Bertz CT molecular complexity index is 352. The number of aliphatic hydroxyl groups is 6. The Morgan fingerprint density at radius 2 is 1.55 bits per heavy atom. The Morgan fingerprint density at radius 1 is 0.909 bits per heavy atom. The zero-order valence-electron chi connectivity index (χ0n) is 12.2. The third kappa shape index (κ3) is 3.58. The Kier molecular flexibility index (Phi) is 6.11. The van der Waals surface area contributed by atoms with Gasteiger partial charge in [-0.1, -0.05) is 6.92 Å². The molecule has 2 saturated heterocycles. The molecule has 0 aliphatic carbocycles. The van der Waals surface area contributed by atoms with Crippen LogP contribution in [0, 0.1) is 0 Å². The first-order valence-corrected chi connectivity index (χ1v) is 7.36. The number of aliphatic hydroxyl groups excluding tert-OH is 6. The summed E-state index contributed by atoms with van der Waals surface area (Å²) in [5, 5.41) is 58.2. The van der Waals surface area contributed by atoms with Crippen LogP contribution in [0.5, 0.6) is 0 Å². The molecule has 9 heteroatoms. The van der Waals surface area contributed by atoms with Gasteiger partial charge >= 0.3 is 0 Å². The van der Waals surface area contributed by atoms with E-state index in [9.17, 15) is 25.5 Å².